The molecule has 1 aromatic rings. The van der Waals surface area contributed by atoms with Gasteiger partial charge in [-0.1, -0.05) is 25.1 Å². The molecule has 0 radical (unpaired) electrons. The number of imide groups is 1. The second-order valence-corrected chi connectivity index (χ2v) is 8.23. The number of carbonyl (C=O) groups excluding carboxylic acids is 2. The molecule has 1 aromatic carbocycles. The number of piperidine rings is 1. The number of fused-ring (bicyclic) bond motifs is 1. The molecule has 4 rings (SSSR count). The number of amidine groups is 2. The third kappa shape index (κ3) is 3.57. The van der Waals surface area contributed by atoms with Gasteiger partial charge in [0.2, 0.25) is 0 Å². The Balaban J connectivity index is 1.71. The Hall–Kier alpha value is -2.61. The lowest BCUT2D eigenvalue weighted by atomic mass is 10.0. The van der Waals surface area contributed by atoms with Crippen LogP contribution in [0.4, 0.5) is 9.18 Å². The molecule has 2 unspecified atom stereocenters. The number of rotatable bonds is 4. The molecule has 2 atom stereocenters. The van der Waals surface area contributed by atoms with Gasteiger partial charge in [0.1, 0.15) is 18.9 Å². The van der Waals surface area contributed by atoms with Crippen LogP contribution in [0.1, 0.15) is 25.3 Å². The summed E-state index contributed by atoms with van der Waals surface area (Å²) in [4.78, 5) is 34.9. The fourth-order valence-corrected chi connectivity index (χ4v) is 4.40. The monoisotopic (exact) mass is 400 g/mol. The van der Waals surface area contributed by atoms with E-state index in [2.05, 4.69) is 11.8 Å². The van der Waals surface area contributed by atoms with E-state index in [0.717, 1.165) is 24.4 Å². The Labute approximate surface area is 170 Å². The molecule has 0 spiro atoms. The zero-order valence-corrected chi connectivity index (χ0v) is 17.1. The van der Waals surface area contributed by atoms with Crippen LogP contribution in [-0.4, -0.2) is 82.7 Å². The molecule has 3 aliphatic heterocycles. The number of halogens is 1. The molecule has 0 aromatic heterocycles. The average molecular weight is 400 g/mol. The molecular formula is C21H27FN5O2+. The van der Waals surface area contributed by atoms with Crippen LogP contribution < -0.4 is 0 Å². The molecule has 0 bridgehead atoms. The second-order valence-electron chi connectivity index (χ2n) is 8.23. The molecule has 0 saturated carbocycles. The SMILES string of the molecule is CC1CCCN(CC2=[N+](Cc3ccccc3F)C3C(=O)N(C)C(=O)N(C)C3=N2)C1. The number of hydrogen-bond acceptors (Lipinski definition) is 4. The smallest absolute Gasteiger partial charge is 0.292 e. The topological polar surface area (TPSA) is 59.2 Å². The molecular weight excluding hydrogens is 373 g/mol. The Kier molecular flexibility index (Phi) is 5.21. The van der Waals surface area contributed by atoms with Crippen molar-refractivity contribution >= 4 is 23.6 Å². The Morgan fingerprint density at radius 3 is 2.69 bits per heavy atom. The maximum Gasteiger partial charge on any atom is 0.333 e. The number of amides is 3. The standard InChI is InChI=1S/C21H27FN5O2/c1-14-7-6-10-26(11-14)13-17-23-19-18(20(28)25(3)21(29)24(19)2)27(17)12-15-8-4-5-9-16(15)22/h4-5,8-9,14,18H,6-7,10-13H2,1-3H3/q+1. The van der Waals surface area contributed by atoms with E-state index in [4.69, 9.17) is 4.99 Å². The van der Waals surface area contributed by atoms with Gasteiger partial charge >= 0.3 is 11.9 Å². The van der Waals surface area contributed by atoms with Gasteiger partial charge in [-0.3, -0.25) is 19.5 Å². The molecule has 3 aliphatic rings. The quantitative estimate of drug-likeness (QED) is 0.724. The molecule has 2 fully saturated rings. The lowest BCUT2D eigenvalue weighted by Crippen LogP contribution is -2.61. The largest absolute Gasteiger partial charge is 0.333 e. The van der Waals surface area contributed by atoms with Crippen LogP contribution in [0.3, 0.4) is 0 Å². The molecule has 154 valence electrons. The number of nitrogens with zero attached hydrogens (tertiary/aromatic N) is 5. The van der Waals surface area contributed by atoms with Crippen LogP contribution >= 0.6 is 0 Å². The molecule has 8 heteroatoms. The first-order chi connectivity index (χ1) is 13.9. The lowest BCUT2D eigenvalue weighted by molar-refractivity contribution is -0.552. The van der Waals surface area contributed by atoms with Gasteiger partial charge in [0.25, 0.3) is 17.8 Å². The van der Waals surface area contributed by atoms with Crippen molar-refractivity contribution in [2.45, 2.75) is 32.4 Å². The highest BCUT2D eigenvalue weighted by molar-refractivity contribution is 6.23. The first kappa shape index (κ1) is 19.7. The van der Waals surface area contributed by atoms with E-state index in [9.17, 15) is 14.0 Å². The van der Waals surface area contributed by atoms with E-state index >= 15 is 0 Å². The summed E-state index contributed by atoms with van der Waals surface area (Å²) in [6, 6.07) is 5.47. The van der Waals surface area contributed by atoms with Crippen molar-refractivity contribution in [2.75, 3.05) is 33.7 Å². The van der Waals surface area contributed by atoms with Gasteiger partial charge in [-0.15, -0.1) is 0 Å². The van der Waals surface area contributed by atoms with Crippen LogP contribution in [0.25, 0.3) is 0 Å². The van der Waals surface area contributed by atoms with Gasteiger partial charge < -0.3 is 0 Å². The fourth-order valence-electron chi connectivity index (χ4n) is 4.40. The van der Waals surface area contributed by atoms with Crippen LogP contribution in [-0.2, 0) is 11.3 Å². The maximum absolute atomic E-state index is 14.4. The Bertz CT molecular complexity index is 912. The Morgan fingerprint density at radius 1 is 1.21 bits per heavy atom. The number of urea groups is 1. The minimum Gasteiger partial charge on any atom is -0.292 e. The van der Waals surface area contributed by atoms with Gasteiger partial charge in [-0.05, 0) is 36.4 Å². The van der Waals surface area contributed by atoms with E-state index in [1.165, 1.54) is 24.4 Å². The van der Waals surface area contributed by atoms with Crippen LogP contribution in [0.5, 0.6) is 0 Å². The zero-order valence-electron chi connectivity index (χ0n) is 17.1. The van der Waals surface area contributed by atoms with E-state index in [1.807, 2.05) is 4.58 Å². The number of carbonyl (C=O) groups is 2. The van der Waals surface area contributed by atoms with Crippen molar-refractivity contribution < 1.29 is 18.6 Å². The summed E-state index contributed by atoms with van der Waals surface area (Å²) in [5.41, 5.74) is 0.503. The molecule has 29 heavy (non-hydrogen) atoms. The summed E-state index contributed by atoms with van der Waals surface area (Å²) in [7, 11) is 3.10. The minimum atomic E-state index is -0.709. The summed E-state index contributed by atoms with van der Waals surface area (Å²) in [6.45, 7) is 4.98. The summed E-state index contributed by atoms with van der Waals surface area (Å²) in [5.74, 6) is 1.11. The first-order valence-electron chi connectivity index (χ1n) is 10.1. The van der Waals surface area contributed by atoms with E-state index in [-0.39, 0.29) is 18.3 Å². The highest BCUT2D eigenvalue weighted by atomic mass is 19.1. The lowest BCUT2D eigenvalue weighted by Gasteiger charge is -2.31. The molecule has 2 saturated heterocycles. The average Bonchev–Trinajstić information content (AvgIpc) is 3.04. The predicted octanol–water partition coefficient (Wildman–Crippen LogP) is 1.77. The molecule has 0 aliphatic carbocycles. The normalized spacial score (nSPS) is 25.6. The number of benzene rings is 1. The molecule has 3 heterocycles. The van der Waals surface area contributed by atoms with E-state index in [0.29, 0.717) is 29.7 Å². The minimum absolute atomic E-state index is 0.227. The van der Waals surface area contributed by atoms with Crippen molar-refractivity contribution in [3.05, 3.63) is 35.6 Å². The third-order valence-electron chi connectivity index (χ3n) is 6.02. The van der Waals surface area contributed by atoms with Crippen molar-refractivity contribution in [1.29, 1.82) is 0 Å². The summed E-state index contributed by atoms with van der Waals surface area (Å²) in [5, 5.41) is 0. The van der Waals surface area contributed by atoms with Crippen molar-refractivity contribution in [1.82, 2.24) is 14.7 Å². The predicted molar refractivity (Wildman–Crippen MR) is 107 cm³/mol. The van der Waals surface area contributed by atoms with Gasteiger partial charge in [-0.2, -0.15) is 0 Å². The molecule has 3 amide bonds. The van der Waals surface area contributed by atoms with Crippen molar-refractivity contribution in [2.24, 2.45) is 10.9 Å². The van der Waals surface area contributed by atoms with E-state index in [1.54, 1.807) is 25.2 Å². The maximum atomic E-state index is 14.4. The number of aliphatic imine (C=N–C) groups is 1. The van der Waals surface area contributed by atoms with E-state index < -0.39 is 12.1 Å². The summed E-state index contributed by atoms with van der Waals surface area (Å²) in [6.07, 6.45) is 2.34. The van der Waals surface area contributed by atoms with Gasteiger partial charge in [0.05, 0.1) is 0 Å². The van der Waals surface area contributed by atoms with Crippen LogP contribution in [0, 0.1) is 11.7 Å². The van der Waals surface area contributed by atoms with Gasteiger partial charge in [-0.25, -0.2) is 13.8 Å². The van der Waals surface area contributed by atoms with Crippen molar-refractivity contribution in [3.8, 4) is 0 Å². The highest BCUT2D eigenvalue weighted by Gasteiger charge is 2.53. The summed E-state index contributed by atoms with van der Waals surface area (Å²) < 4.78 is 16.2. The molecule has 7 nitrogen and oxygen atoms in total. The van der Waals surface area contributed by atoms with Crippen LogP contribution in [0.15, 0.2) is 29.3 Å². The van der Waals surface area contributed by atoms with Gasteiger partial charge in [0, 0.05) is 26.2 Å². The Morgan fingerprint density at radius 2 is 1.97 bits per heavy atom. The first-order valence-corrected chi connectivity index (χ1v) is 10.1. The van der Waals surface area contributed by atoms with Crippen molar-refractivity contribution in [3.63, 3.8) is 0 Å². The second kappa shape index (κ2) is 7.67. The zero-order chi connectivity index (χ0) is 20.7. The number of likely N-dealkylation sites (N-methyl/N-ethyl adjacent to an activating group) is 2. The van der Waals surface area contributed by atoms with Crippen LogP contribution in [0.2, 0.25) is 0 Å². The highest BCUT2D eigenvalue weighted by Crippen LogP contribution is 2.23. The molecule has 0 N–H and O–H groups in total. The third-order valence-corrected chi connectivity index (χ3v) is 6.02. The number of likely N-dealkylation sites (tertiary alicyclic amines) is 1. The fraction of sp³-hybridized carbons (Fsp3) is 0.524. The van der Waals surface area contributed by atoms with Gasteiger partial charge in [0.15, 0.2) is 0 Å². The number of hydrogen-bond donors (Lipinski definition) is 0. The summed E-state index contributed by atoms with van der Waals surface area (Å²) >= 11 is 0.